The molecule has 2 atom stereocenters. The van der Waals surface area contributed by atoms with Gasteiger partial charge in [-0.3, -0.25) is 4.79 Å². The number of hydrogen-bond donors (Lipinski definition) is 0. The fraction of sp³-hybridized carbons (Fsp3) is 0.611. The van der Waals surface area contributed by atoms with Crippen molar-refractivity contribution in [3.05, 3.63) is 28.2 Å². The number of carbonyl (C=O) groups excluding carboxylic acids is 1. The first kappa shape index (κ1) is 18.0. The Labute approximate surface area is 161 Å². The van der Waals surface area contributed by atoms with Crippen molar-refractivity contribution in [3.8, 4) is 0 Å². The van der Waals surface area contributed by atoms with Gasteiger partial charge in [-0.25, -0.2) is 0 Å². The van der Waals surface area contributed by atoms with Crippen LogP contribution in [0.3, 0.4) is 0 Å². The maximum absolute atomic E-state index is 12.6. The number of carbonyl (C=O) groups is 1. The highest BCUT2D eigenvalue weighted by Crippen LogP contribution is 2.39. The summed E-state index contributed by atoms with van der Waals surface area (Å²) in [6.07, 6.45) is 3.36. The standard InChI is InChI=1S/C18H24N4O2S2/c1-12-9-21(10-13(2)24-12)17(23)11-26-18-20-19-16(22(18)14-5-6-14)8-15-4-3-7-25-15/h3-4,7,12-14H,5-6,8-11H2,1-2H3/t12-,13+. The molecule has 0 bridgehead atoms. The minimum absolute atomic E-state index is 0.0974. The third-order valence-corrected chi connectivity index (χ3v) is 6.46. The molecule has 2 aromatic heterocycles. The Morgan fingerprint density at radius 1 is 1.31 bits per heavy atom. The van der Waals surface area contributed by atoms with Gasteiger partial charge in [-0.15, -0.1) is 21.5 Å². The van der Waals surface area contributed by atoms with Crippen molar-refractivity contribution >= 4 is 29.0 Å². The first-order valence-corrected chi connectivity index (χ1v) is 11.0. The quantitative estimate of drug-likeness (QED) is 0.707. The second-order valence-electron chi connectivity index (χ2n) is 7.10. The number of hydrogen-bond acceptors (Lipinski definition) is 6. The number of thioether (sulfide) groups is 1. The molecule has 2 fully saturated rings. The highest BCUT2D eigenvalue weighted by molar-refractivity contribution is 7.99. The lowest BCUT2D eigenvalue weighted by Crippen LogP contribution is -2.48. The van der Waals surface area contributed by atoms with E-state index in [2.05, 4.69) is 32.3 Å². The number of nitrogens with zero attached hydrogens (tertiary/aromatic N) is 4. The monoisotopic (exact) mass is 392 g/mol. The van der Waals surface area contributed by atoms with E-state index in [4.69, 9.17) is 4.74 Å². The van der Waals surface area contributed by atoms with E-state index in [0.29, 0.717) is 24.9 Å². The van der Waals surface area contributed by atoms with Crippen LogP contribution in [0.1, 0.15) is 43.4 Å². The Morgan fingerprint density at radius 2 is 2.08 bits per heavy atom. The minimum Gasteiger partial charge on any atom is -0.372 e. The molecular weight excluding hydrogens is 368 g/mol. The van der Waals surface area contributed by atoms with Crippen molar-refractivity contribution in [1.29, 1.82) is 0 Å². The molecule has 1 saturated carbocycles. The van der Waals surface area contributed by atoms with Crippen LogP contribution >= 0.6 is 23.1 Å². The zero-order valence-corrected chi connectivity index (χ0v) is 16.8. The second kappa shape index (κ2) is 7.70. The molecule has 2 aromatic rings. The Morgan fingerprint density at radius 3 is 2.73 bits per heavy atom. The van der Waals surface area contributed by atoms with E-state index in [1.165, 1.54) is 29.5 Å². The van der Waals surface area contributed by atoms with Crippen LogP contribution in [-0.2, 0) is 16.0 Å². The molecule has 0 spiro atoms. The maximum atomic E-state index is 12.6. The van der Waals surface area contributed by atoms with E-state index in [1.54, 1.807) is 11.3 Å². The molecular formula is C18H24N4O2S2. The summed E-state index contributed by atoms with van der Waals surface area (Å²) < 4.78 is 7.97. The molecule has 0 aromatic carbocycles. The van der Waals surface area contributed by atoms with Gasteiger partial charge < -0.3 is 14.2 Å². The van der Waals surface area contributed by atoms with Crippen molar-refractivity contribution in [2.45, 2.75) is 56.5 Å². The van der Waals surface area contributed by atoms with Crippen molar-refractivity contribution < 1.29 is 9.53 Å². The minimum atomic E-state index is 0.0974. The average Bonchev–Trinajstić information content (AvgIpc) is 3.15. The molecule has 140 valence electrons. The van der Waals surface area contributed by atoms with Crippen LogP contribution in [-0.4, -0.2) is 56.6 Å². The number of aromatic nitrogens is 3. The molecule has 0 radical (unpaired) electrons. The molecule has 3 heterocycles. The summed E-state index contributed by atoms with van der Waals surface area (Å²) in [6.45, 7) is 5.37. The van der Waals surface area contributed by atoms with Crippen LogP contribution in [0.4, 0.5) is 0 Å². The molecule has 1 aliphatic carbocycles. The van der Waals surface area contributed by atoms with E-state index in [1.807, 2.05) is 18.7 Å². The third kappa shape index (κ3) is 4.13. The maximum Gasteiger partial charge on any atom is 0.233 e. The number of rotatable bonds is 6. The molecule has 0 unspecified atom stereocenters. The van der Waals surface area contributed by atoms with E-state index in [-0.39, 0.29) is 18.1 Å². The molecule has 26 heavy (non-hydrogen) atoms. The van der Waals surface area contributed by atoms with Crippen LogP contribution in [0.2, 0.25) is 0 Å². The van der Waals surface area contributed by atoms with Crippen LogP contribution in [0.15, 0.2) is 22.7 Å². The van der Waals surface area contributed by atoms with Gasteiger partial charge >= 0.3 is 0 Å². The van der Waals surface area contributed by atoms with Gasteiger partial charge in [0.05, 0.1) is 18.0 Å². The summed E-state index contributed by atoms with van der Waals surface area (Å²) in [6, 6.07) is 4.70. The Bertz CT molecular complexity index is 747. The van der Waals surface area contributed by atoms with Gasteiger partial charge in [-0.2, -0.15) is 0 Å². The SMILES string of the molecule is C[C@@H]1CN(C(=O)CSc2nnc(Cc3cccs3)n2C2CC2)C[C@H](C)O1. The number of amides is 1. The molecule has 1 amide bonds. The van der Waals surface area contributed by atoms with E-state index in [9.17, 15) is 4.79 Å². The lowest BCUT2D eigenvalue weighted by atomic mass is 10.2. The Kier molecular flexibility index (Phi) is 5.33. The van der Waals surface area contributed by atoms with E-state index >= 15 is 0 Å². The molecule has 6 nitrogen and oxygen atoms in total. The lowest BCUT2D eigenvalue weighted by Gasteiger charge is -2.35. The highest BCUT2D eigenvalue weighted by Gasteiger charge is 2.31. The van der Waals surface area contributed by atoms with Crippen molar-refractivity contribution in [2.75, 3.05) is 18.8 Å². The van der Waals surface area contributed by atoms with Gasteiger partial charge in [-0.1, -0.05) is 17.8 Å². The van der Waals surface area contributed by atoms with Gasteiger partial charge in [0.2, 0.25) is 5.91 Å². The molecule has 0 N–H and O–H groups in total. The second-order valence-corrected chi connectivity index (χ2v) is 9.08. The van der Waals surface area contributed by atoms with Crippen molar-refractivity contribution in [3.63, 3.8) is 0 Å². The summed E-state index contributed by atoms with van der Waals surface area (Å²) in [4.78, 5) is 15.8. The topological polar surface area (TPSA) is 60.2 Å². The van der Waals surface area contributed by atoms with Crippen molar-refractivity contribution in [1.82, 2.24) is 19.7 Å². The zero-order chi connectivity index (χ0) is 18.1. The fourth-order valence-electron chi connectivity index (χ4n) is 3.39. The summed E-state index contributed by atoms with van der Waals surface area (Å²) in [7, 11) is 0. The molecule has 8 heteroatoms. The first-order valence-electron chi connectivity index (χ1n) is 9.12. The summed E-state index contributed by atoms with van der Waals surface area (Å²) >= 11 is 3.26. The summed E-state index contributed by atoms with van der Waals surface area (Å²) in [5, 5.41) is 11.8. The van der Waals surface area contributed by atoms with Crippen LogP contribution < -0.4 is 0 Å². The predicted molar refractivity (Wildman–Crippen MR) is 103 cm³/mol. The Hall–Kier alpha value is -1.38. The summed E-state index contributed by atoms with van der Waals surface area (Å²) in [5.41, 5.74) is 0. The molecule has 4 rings (SSSR count). The van der Waals surface area contributed by atoms with Gasteiger partial charge in [0.25, 0.3) is 0 Å². The third-order valence-electron chi connectivity index (χ3n) is 4.66. The molecule has 1 aliphatic heterocycles. The predicted octanol–water partition coefficient (Wildman–Crippen LogP) is 2.99. The van der Waals surface area contributed by atoms with Crippen molar-refractivity contribution in [2.24, 2.45) is 0 Å². The fourth-order valence-corrected chi connectivity index (χ4v) is 5.02. The van der Waals surface area contributed by atoms with Gasteiger partial charge in [0, 0.05) is 30.4 Å². The van der Waals surface area contributed by atoms with Crippen LogP contribution in [0.5, 0.6) is 0 Å². The Balaban J connectivity index is 1.41. The lowest BCUT2D eigenvalue weighted by molar-refractivity contribution is -0.140. The smallest absolute Gasteiger partial charge is 0.233 e. The highest BCUT2D eigenvalue weighted by atomic mass is 32.2. The van der Waals surface area contributed by atoms with Gasteiger partial charge in [0.15, 0.2) is 5.16 Å². The summed E-state index contributed by atoms with van der Waals surface area (Å²) in [5.74, 6) is 1.57. The van der Waals surface area contributed by atoms with E-state index < -0.39 is 0 Å². The zero-order valence-electron chi connectivity index (χ0n) is 15.1. The van der Waals surface area contributed by atoms with Gasteiger partial charge in [0.1, 0.15) is 5.82 Å². The molecule has 2 aliphatic rings. The largest absolute Gasteiger partial charge is 0.372 e. The van der Waals surface area contributed by atoms with Crippen LogP contribution in [0.25, 0.3) is 0 Å². The number of morpholine rings is 1. The number of thiophene rings is 1. The normalized spacial score (nSPS) is 23.4. The first-order chi connectivity index (χ1) is 12.6. The number of ether oxygens (including phenoxy) is 1. The van der Waals surface area contributed by atoms with E-state index in [0.717, 1.165) is 17.4 Å². The van der Waals surface area contributed by atoms with Gasteiger partial charge in [-0.05, 0) is 38.1 Å². The van der Waals surface area contributed by atoms with Crippen LogP contribution in [0, 0.1) is 0 Å². The molecule has 1 saturated heterocycles. The average molecular weight is 393 g/mol.